The molecule has 0 unspecified atom stereocenters. The van der Waals surface area contributed by atoms with Gasteiger partial charge in [0.15, 0.2) is 0 Å². The summed E-state index contributed by atoms with van der Waals surface area (Å²) in [7, 11) is 0. The summed E-state index contributed by atoms with van der Waals surface area (Å²) in [4.78, 5) is 22.4. The highest BCUT2D eigenvalue weighted by Crippen LogP contribution is 2.26. The number of aliphatic hydroxyl groups is 1. The fraction of sp³-hybridized carbons (Fsp3) is 0.300. The minimum Gasteiger partial charge on any atom is -0.392 e. The van der Waals surface area contributed by atoms with Crippen molar-refractivity contribution in [2.75, 3.05) is 6.54 Å². The largest absolute Gasteiger partial charge is 0.392 e. The van der Waals surface area contributed by atoms with Crippen molar-refractivity contribution >= 4 is 40.1 Å². The van der Waals surface area contributed by atoms with E-state index >= 15 is 0 Å². The lowest BCUT2D eigenvalue weighted by atomic mass is 10.1. The number of rotatable bonds is 5. The molecule has 4 rings (SSSR count). The number of para-hydroxylation sites is 2. The number of aromatic amines is 1. The molecule has 1 fully saturated rings. The van der Waals surface area contributed by atoms with Gasteiger partial charge in [-0.3, -0.25) is 9.69 Å². The van der Waals surface area contributed by atoms with Crippen LogP contribution in [0.15, 0.2) is 42.5 Å². The minimum absolute atomic E-state index is 0.137. The Hall–Kier alpha value is -2.12. The van der Waals surface area contributed by atoms with Crippen LogP contribution in [0.4, 0.5) is 0 Å². The van der Waals surface area contributed by atoms with Crippen LogP contribution in [0.25, 0.3) is 11.0 Å². The molecule has 1 amide bonds. The summed E-state index contributed by atoms with van der Waals surface area (Å²) in [5.74, 6) is 0.558. The molecule has 1 aliphatic rings. The van der Waals surface area contributed by atoms with Crippen LogP contribution in [-0.2, 0) is 17.9 Å². The zero-order valence-electron chi connectivity index (χ0n) is 15.0. The van der Waals surface area contributed by atoms with Crippen molar-refractivity contribution in [3.63, 3.8) is 0 Å². The number of halogens is 2. The van der Waals surface area contributed by atoms with Gasteiger partial charge in [0.25, 0.3) is 0 Å². The summed E-state index contributed by atoms with van der Waals surface area (Å²) in [5, 5.41) is 14.1. The van der Waals surface area contributed by atoms with E-state index in [9.17, 15) is 9.90 Å². The maximum absolute atomic E-state index is 12.8. The second-order valence-corrected chi connectivity index (χ2v) is 7.83. The predicted octanol–water partition coefficient (Wildman–Crippen LogP) is 3.12. The molecule has 1 saturated heterocycles. The number of benzene rings is 2. The minimum atomic E-state index is -0.548. The molecular weight excluding hydrogens is 399 g/mol. The van der Waals surface area contributed by atoms with Crippen LogP contribution in [0, 0.1) is 0 Å². The number of fused-ring (bicyclic) bond motifs is 1. The fourth-order valence-corrected chi connectivity index (χ4v) is 4.04. The zero-order chi connectivity index (χ0) is 19.7. The average molecular weight is 419 g/mol. The van der Waals surface area contributed by atoms with E-state index in [0.29, 0.717) is 41.9 Å². The second kappa shape index (κ2) is 8.09. The summed E-state index contributed by atoms with van der Waals surface area (Å²) in [6, 6.07) is 12.6. The third-order valence-electron chi connectivity index (χ3n) is 4.94. The standard InChI is InChI=1S/C20H20Cl2N4O2/c21-13-6-5-12(15(22)7-13)10-26-11-14(27)8-18(26)20(28)23-9-19-24-16-3-1-2-4-17(16)25-19/h1-7,14,18,27H,8-11H2,(H,23,28)(H,24,25)/t14-,18+/m1/s1. The Morgan fingerprint density at radius 1 is 1.29 bits per heavy atom. The molecule has 3 N–H and O–H groups in total. The topological polar surface area (TPSA) is 81.2 Å². The maximum Gasteiger partial charge on any atom is 0.237 e. The van der Waals surface area contributed by atoms with Crippen LogP contribution in [-0.4, -0.2) is 44.6 Å². The average Bonchev–Trinajstić information content (AvgIpc) is 3.25. The van der Waals surface area contributed by atoms with Crippen LogP contribution in [0.3, 0.4) is 0 Å². The Morgan fingerprint density at radius 2 is 2.11 bits per heavy atom. The van der Waals surface area contributed by atoms with E-state index in [4.69, 9.17) is 23.2 Å². The van der Waals surface area contributed by atoms with Gasteiger partial charge in [-0.25, -0.2) is 4.98 Å². The lowest BCUT2D eigenvalue weighted by molar-refractivity contribution is -0.125. The number of H-pyrrole nitrogens is 1. The quantitative estimate of drug-likeness (QED) is 0.594. The first-order valence-electron chi connectivity index (χ1n) is 9.07. The summed E-state index contributed by atoms with van der Waals surface area (Å²) < 4.78 is 0. The highest BCUT2D eigenvalue weighted by atomic mass is 35.5. The number of nitrogens with one attached hydrogen (secondary N) is 2. The SMILES string of the molecule is O=C(NCc1nc2ccccc2[nH]1)[C@@H]1C[C@@H](O)CN1Cc1ccc(Cl)cc1Cl. The molecule has 2 heterocycles. The number of aliphatic hydroxyl groups excluding tert-OH is 1. The van der Waals surface area contributed by atoms with E-state index < -0.39 is 12.1 Å². The molecule has 0 saturated carbocycles. The van der Waals surface area contributed by atoms with Crippen LogP contribution in [0.5, 0.6) is 0 Å². The molecule has 0 radical (unpaired) electrons. The van der Waals surface area contributed by atoms with Crippen LogP contribution < -0.4 is 5.32 Å². The number of nitrogens with zero attached hydrogens (tertiary/aromatic N) is 2. The van der Waals surface area contributed by atoms with Crippen LogP contribution in [0.2, 0.25) is 10.0 Å². The predicted molar refractivity (Wildman–Crippen MR) is 109 cm³/mol. The van der Waals surface area contributed by atoms with Crippen molar-refractivity contribution in [3.05, 3.63) is 63.9 Å². The summed E-state index contributed by atoms with van der Waals surface area (Å²) in [5.41, 5.74) is 2.67. The number of imidazole rings is 1. The Bertz CT molecular complexity index is 974. The van der Waals surface area contributed by atoms with E-state index in [0.717, 1.165) is 16.6 Å². The van der Waals surface area contributed by atoms with Crippen molar-refractivity contribution in [3.8, 4) is 0 Å². The van der Waals surface area contributed by atoms with Crippen LogP contribution >= 0.6 is 23.2 Å². The van der Waals surface area contributed by atoms with Crippen molar-refractivity contribution in [1.29, 1.82) is 0 Å². The lowest BCUT2D eigenvalue weighted by Crippen LogP contribution is -2.42. The van der Waals surface area contributed by atoms with Gasteiger partial charge in [0.1, 0.15) is 5.82 Å². The number of likely N-dealkylation sites (tertiary alicyclic amines) is 1. The van der Waals surface area contributed by atoms with E-state index in [1.165, 1.54) is 0 Å². The highest BCUT2D eigenvalue weighted by molar-refractivity contribution is 6.35. The monoisotopic (exact) mass is 418 g/mol. The summed E-state index contributed by atoms with van der Waals surface area (Å²) in [6.07, 6.45) is -0.162. The summed E-state index contributed by atoms with van der Waals surface area (Å²) >= 11 is 12.2. The van der Waals surface area contributed by atoms with Crippen molar-refractivity contribution < 1.29 is 9.90 Å². The van der Waals surface area contributed by atoms with E-state index in [2.05, 4.69) is 15.3 Å². The first kappa shape index (κ1) is 19.2. The Balaban J connectivity index is 1.42. The molecule has 28 heavy (non-hydrogen) atoms. The molecule has 0 spiro atoms. The van der Waals surface area contributed by atoms with Gasteiger partial charge in [0, 0.05) is 23.1 Å². The molecule has 1 aromatic heterocycles. The van der Waals surface area contributed by atoms with Gasteiger partial charge in [-0.15, -0.1) is 0 Å². The molecule has 2 aromatic carbocycles. The van der Waals surface area contributed by atoms with Crippen molar-refractivity contribution in [2.45, 2.75) is 31.7 Å². The Labute approximate surface area is 172 Å². The molecule has 0 bridgehead atoms. The normalized spacial score (nSPS) is 20.0. The van der Waals surface area contributed by atoms with Gasteiger partial charge in [0.2, 0.25) is 5.91 Å². The maximum atomic E-state index is 12.8. The number of aromatic nitrogens is 2. The van der Waals surface area contributed by atoms with E-state index in [-0.39, 0.29) is 5.91 Å². The molecule has 6 nitrogen and oxygen atoms in total. The number of carbonyl (C=O) groups excluding carboxylic acids is 1. The van der Waals surface area contributed by atoms with Gasteiger partial charge in [-0.1, -0.05) is 41.4 Å². The number of amides is 1. The number of carbonyl (C=O) groups is 1. The molecule has 8 heteroatoms. The zero-order valence-corrected chi connectivity index (χ0v) is 16.5. The molecular formula is C20H20Cl2N4O2. The van der Waals surface area contributed by atoms with E-state index in [1.807, 2.05) is 35.2 Å². The number of hydrogen-bond acceptors (Lipinski definition) is 4. The number of hydrogen-bond donors (Lipinski definition) is 3. The first-order chi connectivity index (χ1) is 13.5. The smallest absolute Gasteiger partial charge is 0.237 e. The molecule has 1 aliphatic heterocycles. The third-order valence-corrected chi connectivity index (χ3v) is 5.53. The van der Waals surface area contributed by atoms with Gasteiger partial charge < -0.3 is 15.4 Å². The molecule has 0 aliphatic carbocycles. The van der Waals surface area contributed by atoms with Crippen LogP contribution in [0.1, 0.15) is 17.8 Å². The fourth-order valence-electron chi connectivity index (χ4n) is 3.57. The van der Waals surface area contributed by atoms with Gasteiger partial charge in [-0.2, -0.15) is 0 Å². The van der Waals surface area contributed by atoms with Crippen molar-refractivity contribution in [2.24, 2.45) is 0 Å². The first-order valence-corrected chi connectivity index (χ1v) is 9.82. The third kappa shape index (κ3) is 4.15. The van der Waals surface area contributed by atoms with Gasteiger partial charge in [-0.05, 0) is 36.2 Å². The van der Waals surface area contributed by atoms with Gasteiger partial charge in [0.05, 0.1) is 29.7 Å². The van der Waals surface area contributed by atoms with Crippen molar-refractivity contribution in [1.82, 2.24) is 20.2 Å². The molecule has 146 valence electrons. The highest BCUT2D eigenvalue weighted by Gasteiger charge is 2.36. The number of β-amino-alcohol motifs (C(OH)–C–C–N with tert-alkyl or cyclic N) is 1. The van der Waals surface area contributed by atoms with E-state index in [1.54, 1.807) is 12.1 Å². The molecule has 3 aromatic rings. The summed E-state index contributed by atoms with van der Waals surface area (Å²) in [6.45, 7) is 1.19. The molecule has 2 atom stereocenters. The van der Waals surface area contributed by atoms with Gasteiger partial charge >= 0.3 is 0 Å². The second-order valence-electron chi connectivity index (χ2n) is 6.99. The Kier molecular flexibility index (Phi) is 5.55. The Morgan fingerprint density at radius 3 is 2.89 bits per heavy atom. The lowest BCUT2D eigenvalue weighted by Gasteiger charge is -2.23.